The van der Waals surface area contributed by atoms with Gasteiger partial charge in [0, 0.05) is 33.8 Å². The van der Waals surface area contributed by atoms with Crippen molar-refractivity contribution in [2.75, 3.05) is 0 Å². The molecule has 0 unspecified atom stereocenters. The van der Waals surface area contributed by atoms with Crippen molar-refractivity contribution in [1.29, 1.82) is 0 Å². The van der Waals surface area contributed by atoms with E-state index in [0.29, 0.717) is 5.71 Å². The summed E-state index contributed by atoms with van der Waals surface area (Å²) >= 11 is 0. The van der Waals surface area contributed by atoms with Crippen LogP contribution in [0.1, 0.15) is 16.8 Å². The zero-order valence-corrected chi connectivity index (χ0v) is 19.0. The molecule has 0 radical (unpaired) electrons. The van der Waals surface area contributed by atoms with E-state index in [4.69, 9.17) is 14.4 Å². The summed E-state index contributed by atoms with van der Waals surface area (Å²) in [6.07, 6.45) is 3.78. The van der Waals surface area contributed by atoms with Crippen LogP contribution in [-0.2, 0) is 12.8 Å². The molecular formula is C31H24N2O. The number of pyridine rings is 2. The van der Waals surface area contributed by atoms with E-state index >= 15 is 0 Å². The molecule has 0 spiro atoms. The number of rotatable bonds is 5. The van der Waals surface area contributed by atoms with E-state index in [9.17, 15) is 0 Å². The average molecular weight is 441 g/mol. The SMILES string of the molecule is Cc1ccccc1-c1ccc(-c2cccc3c2oc2nc(CCc4ccccc4)ccc23)nc1. The molecule has 0 aliphatic heterocycles. The Kier molecular flexibility index (Phi) is 5.15. The number of furan rings is 1. The highest BCUT2D eigenvalue weighted by molar-refractivity contribution is 6.08. The molecule has 3 aromatic heterocycles. The molecule has 0 aliphatic rings. The van der Waals surface area contributed by atoms with E-state index in [1.807, 2.05) is 12.3 Å². The molecule has 3 heteroatoms. The van der Waals surface area contributed by atoms with Gasteiger partial charge in [0.15, 0.2) is 0 Å². The second-order valence-corrected chi connectivity index (χ2v) is 8.67. The first-order chi connectivity index (χ1) is 16.8. The van der Waals surface area contributed by atoms with Crippen molar-refractivity contribution in [3.63, 3.8) is 0 Å². The quantitative estimate of drug-likeness (QED) is 0.274. The van der Waals surface area contributed by atoms with Gasteiger partial charge in [-0.1, -0.05) is 72.8 Å². The van der Waals surface area contributed by atoms with Crippen LogP contribution >= 0.6 is 0 Å². The zero-order chi connectivity index (χ0) is 22.9. The maximum absolute atomic E-state index is 6.31. The summed E-state index contributed by atoms with van der Waals surface area (Å²) in [6.45, 7) is 2.12. The number of hydrogen-bond donors (Lipinski definition) is 0. The van der Waals surface area contributed by atoms with E-state index < -0.39 is 0 Å². The Morgan fingerprint density at radius 1 is 0.676 bits per heavy atom. The van der Waals surface area contributed by atoms with Crippen LogP contribution in [0.15, 0.2) is 108 Å². The Balaban J connectivity index is 1.35. The van der Waals surface area contributed by atoms with Crippen molar-refractivity contribution in [1.82, 2.24) is 9.97 Å². The molecule has 6 rings (SSSR count). The van der Waals surface area contributed by atoms with Crippen LogP contribution in [0.25, 0.3) is 44.5 Å². The van der Waals surface area contributed by atoms with Gasteiger partial charge >= 0.3 is 0 Å². The highest BCUT2D eigenvalue weighted by atomic mass is 16.3. The Labute approximate surface area is 198 Å². The lowest BCUT2D eigenvalue weighted by molar-refractivity contribution is 0.651. The molecule has 0 atom stereocenters. The second kappa shape index (κ2) is 8.60. The molecule has 6 aromatic rings. The zero-order valence-electron chi connectivity index (χ0n) is 19.0. The summed E-state index contributed by atoms with van der Waals surface area (Å²) in [5, 5.41) is 2.11. The first-order valence-corrected chi connectivity index (χ1v) is 11.6. The number of hydrogen-bond acceptors (Lipinski definition) is 3. The fourth-order valence-electron chi connectivity index (χ4n) is 4.58. The maximum Gasteiger partial charge on any atom is 0.227 e. The highest BCUT2D eigenvalue weighted by Crippen LogP contribution is 2.35. The average Bonchev–Trinajstić information content (AvgIpc) is 3.27. The first kappa shape index (κ1) is 20.4. The monoisotopic (exact) mass is 440 g/mol. The van der Waals surface area contributed by atoms with Crippen LogP contribution in [-0.4, -0.2) is 9.97 Å². The normalized spacial score (nSPS) is 11.3. The Bertz CT molecular complexity index is 1600. The standard InChI is InChI=1S/C31H24N2O/c1-21-8-5-6-11-25(21)23-15-19-29(32-20-23)28-13-7-12-26-27-18-17-24(33-31(27)34-30(26)28)16-14-22-9-3-2-4-10-22/h2-13,15,17-20H,14,16H2,1H3. The molecule has 0 N–H and O–H groups in total. The number of benzene rings is 3. The lowest BCUT2D eigenvalue weighted by Crippen LogP contribution is -1.93. The maximum atomic E-state index is 6.31. The summed E-state index contributed by atoms with van der Waals surface area (Å²) in [7, 11) is 0. The minimum absolute atomic E-state index is 0.685. The van der Waals surface area contributed by atoms with Crippen LogP contribution < -0.4 is 0 Å². The Hall–Kier alpha value is -4.24. The van der Waals surface area contributed by atoms with Gasteiger partial charge in [0.25, 0.3) is 0 Å². The van der Waals surface area contributed by atoms with Crippen LogP contribution in [0.3, 0.4) is 0 Å². The number of aromatic nitrogens is 2. The summed E-state index contributed by atoms with van der Waals surface area (Å²) in [5.74, 6) is 0. The smallest absolute Gasteiger partial charge is 0.227 e. The number of fused-ring (bicyclic) bond motifs is 3. The van der Waals surface area contributed by atoms with E-state index in [-0.39, 0.29) is 0 Å². The van der Waals surface area contributed by atoms with Gasteiger partial charge in [-0.25, -0.2) is 4.98 Å². The van der Waals surface area contributed by atoms with Gasteiger partial charge in [0.1, 0.15) is 5.58 Å². The van der Waals surface area contributed by atoms with E-state index in [0.717, 1.165) is 51.7 Å². The van der Waals surface area contributed by atoms with Crippen LogP contribution in [0.5, 0.6) is 0 Å². The van der Waals surface area contributed by atoms with Crippen molar-refractivity contribution in [3.8, 4) is 22.4 Å². The third kappa shape index (κ3) is 3.75. The Morgan fingerprint density at radius 3 is 2.32 bits per heavy atom. The van der Waals surface area contributed by atoms with Gasteiger partial charge in [-0.3, -0.25) is 4.98 Å². The lowest BCUT2D eigenvalue weighted by atomic mass is 10.0. The molecule has 0 bridgehead atoms. The second-order valence-electron chi connectivity index (χ2n) is 8.67. The first-order valence-electron chi connectivity index (χ1n) is 11.6. The van der Waals surface area contributed by atoms with Crippen LogP contribution in [0, 0.1) is 6.92 Å². The molecule has 34 heavy (non-hydrogen) atoms. The fraction of sp³-hybridized carbons (Fsp3) is 0.0968. The highest BCUT2D eigenvalue weighted by Gasteiger charge is 2.14. The fourth-order valence-corrected chi connectivity index (χ4v) is 4.58. The molecule has 3 nitrogen and oxygen atoms in total. The predicted octanol–water partition coefficient (Wildman–Crippen LogP) is 7.80. The number of aryl methyl sites for hydroxylation is 3. The summed E-state index contributed by atoms with van der Waals surface area (Å²) in [5.41, 5.74) is 9.31. The molecule has 0 saturated heterocycles. The van der Waals surface area contributed by atoms with Gasteiger partial charge in [0.2, 0.25) is 5.71 Å². The Morgan fingerprint density at radius 2 is 1.50 bits per heavy atom. The van der Waals surface area contributed by atoms with Gasteiger partial charge in [-0.05, 0) is 60.7 Å². The molecule has 0 fully saturated rings. The van der Waals surface area contributed by atoms with Gasteiger partial charge < -0.3 is 4.42 Å². The largest absolute Gasteiger partial charge is 0.437 e. The molecule has 164 valence electrons. The minimum Gasteiger partial charge on any atom is -0.437 e. The van der Waals surface area contributed by atoms with Crippen LogP contribution in [0.2, 0.25) is 0 Å². The minimum atomic E-state index is 0.685. The third-order valence-corrected chi connectivity index (χ3v) is 6.43. The van der Waals surface area contributed by atoms with Gasteiger partial charge in [-0.15, -0.1) is 0 Å². The van der Waals surface area contributed by atoms with Crippen molar-refractivity contribution >= 4 is 22.1 Å². The van der Waals surface area contributed by atoms with Crippen molar-refractivity contribution < 1.29 is 4.42 Å². The summed E-state index contributed by atoms with van der Waals surface area (Å²) < 4.78 is 6.31. The topological polar surface area (TPSA) is 38.9 Å². The van der Waals surface area contributed by atoms with Gasteiger partial charge in [0.05, 0.1) is 5.69 Å². The van der Waals surface area contributed by atoms with Crippen molar-refractivity contribution in [3.05, 3.63) is 120 Å². The number of para-hydroxylation sites is 1. The van der Waals surface area contributed by atoms with Crippen molar-refractivity contribution in [2.24, 2.45) is 0 Å². The van der Waals surface area contributed by atoms with Crippen LogP contribution in [0.4, 0.5) is 0 Å². The third-order valence-electron chi connectivity index (χ3n) is 6.43. The van der Waals surface area contributed by atoms with E-state index in [1.165, 1.54) is 16.7 Å². The van der Waals surface area contributed by atoms with Crippen molar-refractivity contribution in [2.45, 2.75) is 19.8 Å². The summed E-state index contributed by atoms with van der Waals surface area (Å²) in [6, 6.07) is 33.6. The molecule has 3 heterocycles. The number of nitrogens with zero attached hydrogens (tertiary/aromatic N) is 2. The lowest BCUT2D eigenvalue weighted by Gasteiger charge is -2.07. The van der Waals surface area contributed by atoms with Gasteiger partial charge in [-0.2, -0.15) is 0 Å². The molecular weight excluding hydrogens is 416 g/mol. The molecule has 3 aromatic carbocycles. The predicted molar refractivity (Wildman–Crippen MR) is 139 cm³/mol. The summed E-state index contributed by atoms with van der Waals surface area (Å²) in [4.78, 5) is 9.63. The molecule has 0 amide bonds. The van der Waals surface area contributed by atoms with E-state index in [2.05, 4.69) is 97.9 Å². The van der Waals surface area contributed by atoms with E-state index in [1.54, 1.807) is 0 Å². The molecule has 0 saturated carbocycles. The molecule has 0 aliphatic carbocycles.